The van der Waals surface area contributed by atoms with Gasteiger partial charge in [-0.25, -0.2) is 9.37 Å². The number of aryl methyl sites for hydroxylation is 1. The van der Waals surface area contributed by atoms with Crippen LogP contribution in [0.25, 0.3) is 11.4 Å². The van der Waals surface area contributed by atoms with Gasteiger partial charge in [0.25, 0.3) is 5.56 Å². The highest BCUT2D eigenvalue weighted by Crippen LogP contribution is 2.24. The normalized spacial score (nSPS) is 10.6. The summed E-state index contributed by atoms with van der Waals surface area (Å²) in [6.45, 7) is 2.00. The first-order valence-electron chi connectivity index (χ1n) is 6.19. The van der Waals surface area contributed by atoms with Gasteiger partial charge in [-0.1, -0.05) is 13.3 Å². The monoisotopic (exact) mass is 340 g/mol. The molecule has 0 saturated carbocycles. The molecule has 1 aromatic heterocycles. The van der Waals surface area contributed by atoms with E-state index >= 15 is 0 Å². The van der Waals surface area contributed by atoms with Gasteiger partial charge in [0.05, 0.1) is 12.8 Å². The number of methoxy groups -OCH3 is 1. The summed E-state index contributed by atoms with van der Waals surface area (Å²) >= 11 is 3.22. The van der Waals surface area contributed by atoms with Crippen LogP contribution in [-0.2, 0) is 6.42 Å². The Bertz CT molecular complexity index is 685. The molecule has 0 aliphatic carbocycles. The molecule has 106 valence electrons. The first-order valence-corrected chi connectivity index (χ1v) is 6.98. The van der Waals surface area contributed by atoms with Gasteiger partial charge in [-0.2, -0.15) is 0 Å². The van der Waals surface area contributed by atoms with E-state index in [9.17, 15) is 9.18 Å². The topological polar surface area (TPSA) is 55.0 Å². The molecule has 0 saturated heterocycles. The minimum atomic E-state index is -0.493. The van der Waals surface area contributed by atoms with Crippen molar-refractivity contribution in [1.29, 1.82) is 0 Å². The van der Waals surface area contributed by atoms with E-state index in [1.165, 1.54) is 19.2 Å². The number of benzene rings is 1. The molecule has 2 rings (SSSR count). The summed E-state index contributed by atoms with van der Waals surface area (Å²) in [5.74, 6) is 0.0119. The van der Waals surface area contributed by atoms with Crippen LogP contribution < -0.4 is 10.3 Å². The van der Waals surface area contributed by atoms with Crippen molar-refractivity contribution in [3.8, 4) is 17.1 Å². The van der Waals surface area contributed by atoms with Gasteiger partial charge in [-0.05, 0) is 40.5 Å². The molecule has 0 spiro atoms. The summed E-state index contributed by atoms with van der Waals surface area (Å²) in [7, 11) is 1.40. The van der Waals surface area contributed by atoms with Crippen molar-refractivity contribution in [2.45, 2.75) is 19.8 Å². The summed E-state index contributed by atoms with van der Waals surface area (Å²) in [5, 5.41) is 0. The molecular formula is C14H14BrFN2O2. The second-order valence-corrected chi connectivity index (χ2v) is 5.07. The number of rotatable bonds is 4. The highest BCUT2D eigenvalue weighted by atomic mass is 79.9. The van der Waals surface area contributed by atoms with Crippen LogP contribution in [0.3, 0.4) is 0 Å². The Labute approximate surface area is 124 Å². The van der Waals surface area contributed by atoms with Crippen molar-refractivity contribution in [2.24, 2.45) is 0 Å². The van der Waals surface area contributed by atoms with Crippen LogP contribution in [0, 0.1) is 5.82 Å². The van der Waals surface area contributed by atoms with E-state index in [0.717, 1.165) is 6.42 Å². The lowest BCUT2D eigenvalue weighted by Gasteiger charge is -2.07. The second kappa shape index (κ2) is 6.17. The van der Waals surface area contributed by atoms with Crippen molar-refractivity contribution >= 4 is 15.9 Å². The maximum absolute atomic E-state index is 13.7. The lowest BCUT2D eigenvalue weighted by Crippen LogP contribution is -2.13. The van der Waals surface area contributed by atoms with Gasteiger partial charge in [0.2, 0.25) is 0 Å². The predicted molar refractivity (Wildman–Crippen MR) is 78.5 cm³/mol. The fourth-order valence-corrected chi connectivity index (χ4v) is 2.24. The van der Waals surface area contributed by atoms with Crippen LogP contribution in [0.5, 0.6) is 5.75 Å². The third-order valence-electron chi connectivity index (χ3n) is 2.84. The molecule has 0 aliphatic rings. The van der Waals surface area contributed by atoms with E-state index in [1.54, 1.807) is 6.07 Å². The summed E-state index contributed by atoms with van der Waals surface area (Å²) in [6.07, 6.45) is 1.54. The number of aromatic amines is 1. The number of aromatic nitrogens is 2. The molecule has 0 atom stereocenters. The van der Waals surface area contributed by atoms with Crippen molar-refractivity contribution in [3.63, 3.8) is 0 Å². The molecule has 20 heavy (non-hydrogen) atoms. The Morgan fingerprint density at radius 1 is 1.45 bits per heavy atom. The number of ether oxygens (including phenoxy) is 1. The molecule has 0 aliphatic heterocycles. The Hall–Kier alpha value is -1.69. The number of nitrogens with zero attached hydrogens (tertiary/aromatic N) is 1. The standard InChI is InChI=1S/C14H14BrFN2O2/c1-3-4-10-12(15)14(19)18-13(17-10)8-5-6-11(20-2)9(16)7-8/h5-7H,3-4H2,1-2H3,(H,17,18,19). The highest BCUT2D eigenvalue weighted by molar-refractivity contribution is 9.10. The molecule has 0 fully saturated rings. The molecule has 1 N–H and O–H groups in total. The Kier molecular flexibility index (Phi) is 4.54. The molecule has 0 bridgehead atoms. The average Bonchev–Trinajstić information content (AvgIpc) is 2.43. The quantitative estimate of drug-likeness (QED) is 0.928. The first-order chi connectivity index (χ1) is 9.56. The molecule has 0 amide bonds. The molecule has 2 aromatic rings. The third-order valence-corrected chi connectivity index (χ3v) is 3.66. The molecule has 6 heteroatoms. The SMILES string of the molecule is CCCc1nc(-c2ccc(OC)c(F)c2)[nH]c(=O)c1Br. The first kappa shape index (κ1) is 14.7. The van der Waals surface area contributed by atoms with E-state index in [2.05, 4.69) is 25.9 Å². The van der Waals surface area contributed by atoms with E-state index in [0.29, 0.717) is 28.0 Å². The molecule has 0 radical (unpaired) electrons. The van der Waals surface area contributed by atoms with E-state index in [1.807, 2.05) is 6.92 Å². The van der Waals surface area contributed by atoms with Gasteiger partial charge in [-0.3, -0.25) is 4.79 Å². The summed E-state index contributed by atoms with van der Waals surface area (Å²) in [4.78, 5) is 18.9. The van der Waals surface area contributed by atoms with Crippen LogP contribution in [0.1, 0.15) is 19.0 Å². The van der Waals surface area contributed by atoms with Gasteiger partial charge >= 0.3 is 0 Å². The van der Waals surface area contributed by atoms with Crippen LogP contribution >= 0.6 is 15.9 Å². The lowest BCUT2D eigenvalue weighted by molar-refractivity contribution is 0.386. The van der Waals surface area contributed by atoms with Crippen LogP contribution in [-0.4, -0.2) is 17.1 Å². The fourth-order valence-electron chi connectivity index (χ4n) is 1.86. The van der Waals surface area contributed by atoms with Gasteiger partial charge in [0, 0.05) is 5.56 Å². The van der Waals surface area contributed by atoms with Crippen LogP contribution in [0.15, 0.2) is 27.5 Å². The number of H-pyrrole nitrogens is 1. The smallest absolute Gasteiger partial charge is 0.265 e. The largest absolute Gasteiger partial charge is 0.494 e. The van der Waals surface area contributed by atoms with Crippen molar-refractivity contribution < 1.29 is 9.13 Å². The number of nitrogens with one attached hydrogen (secondary N) is 1. The van der Waals surface area contributed by atoms with Gasteiger partial charge in [0.15, 0.2) is 11.6 Å². The number of hydrogen-bond donors (Lipinski definition) is 1. The highest BCUT2D eigenvalue weighted by Gasteiger charge is 2.11. The summed E-state index contributed by atoms with van der Waals surface area (Å²) < 4.78 is 19.0. The van der Waals surface area contributed by atoms with Gasteiger partial charge in [0.1, 0.15) is 10.3 Å². The fraction of sp³-hybridized carbons (Fsp3) is 0.286. The van der Waals surface area contributed by atoms with E-state index < -0.39 is 5.82 Å². The number of hydrogen-bond acceptors (Lipinski definition) is 3. The summed E-state index contributed by atoms with van der Waals surface area (Å²) in [6, 6.07) is 4.46. The minimum Gasteiger partial charge on any atom is -0.494 e. The zero-order chi connectivity index (χ0) is 14.7. The van der Waals surface area contributed by atoms with Crippen LogP contribution in [0.2, 0.25) is 0 Å². The molecular weight excluding hydrogens is 327 g/mol. The van der Waals surface area contributed by atoms with E-state index in [-0.39, 0.29) is 11.3 Å². The zero-order valence-electron chi connectivity index (χ0n) is 11.2. The van der Waals surface area contributed by atoms with E-state index in [4.69, 9.17) is 4.74 Å². The third kappa shape index (κ3) is 2.90. The van der Waals surface area contributed by atoms with Crippen molar-refractivity contribution in [3.05, 3.63) is 44.5 Å². The molecule has 1 heterocycles. The predicted octanol–water partition coefficient (Wildman–Crippen LogP) is 3.30. The Morgan fingerprint density at radius 3 is 2.80 bits per heavy atom. The number of halogens is 2. The van der Waals surface area contributed by atoms with Crippen molar-refractivity contribution in [1.82, 2.24) is 9.97 Å². The lowest BCUT2D eigenvalue weighted by atomic mass is 10.2. The average molecular weight is 341 g/mol. The van der Waals surface area contributed by atoms with Crippen LogP contribution in [0.4, 0.5) is 4.39 Å². The molecule has 4 nitrogen and oxygen atoms in total. The van der Waals surface area contributed by atoms with Crippen molar-refractivity contribution in [2.75, 3.05) is 7.11 Å². The zero-order valence-corrected chi connectivity index (χ0v) is 12.8. The Balaban J connectivity index is 2.52. The molecule has 1 aromatic carbocycles. The van der Waals surface area contributed by atoms with Gasteiger partial charge < -0.3 is 9.72 Å². The van der Waals surface area contributed by atoms with Gasteiger partial charge in [-0.15, -0.1) is 0 Å². The Morgan fingerprint density at radius 2 is 2.20 bits per heavy atom. The summed E-state index contributed by atoms with van der Waals surface area (Å²) in [5.41, 5.74) is 0.905. The minimum absolute atomic E-state index is 0.155. The maximum Gasteiger partial charge on any atom is 0.265 e. The maximum atomic E-state index is 13.7. The second-order valence-electron chi connectivity index (χ2n) is 4.27. The molecule has 0 unspecified atom stereocenters.